The highest BCUT2D eigenvalue weighted by atomic mass is 19.1. The van der Waals surface area contributed by atoms with Crippen LogP contribution in [0.4, 0.5) is 8.78 Å². The molecule has 1 aliphatic heterocycles. The van der Waals surface area contributed by atoms with Gasteiger partial charge in [0.25, 0.3) is 5.91 Å². The SMILES string of the molecule is O=C(NCc1cccc(F)c1)[C@H](C1CCCC1)N1CCN(C(=O)c2cccc(F)c2)CC1. The molecule has 2 aromatic rings. The third-order valence-electron chi connectivity index (χ3n) is 6.54. The van der Waals surface area contributed by atoms with Gasteiger partial charge in [-0.1, -0.05) is 31.0 Å². The Morgan fingerprint density at radius 2 is 1.59 bits per heavy atom. The topological polar surface area (TPSA) is 52.7 Å². The molecule has 1 saturated heterocycles. The second-order valence-electron chi connectivity index (χ2n) is 8.68. The van der Waals surface area contributed by atoms with Crippen LogP contribution in [-0.2, 0) is 11.3 Å². The van der Waals surface area contributed by atoms with Gasteiger partial charge in [0.2, 0.25) is 5.91 Å². The molecular weight excluding hydrogens is 412 g/mol. The average molecular weight is 442 g/mol. The number of nitrogens with zero attached hydrogens (tertiary/aromatic N) is 2. The predicted octanol–water partition coefficient (Wildman–Crippen LogP) is 3.60. The van der Waals surface area contributed by atoms with E-state index >= 15 is 0 Å². The molecule has 5 nitrogen and oxygen atoms in total. The van der Waals surface area contributed by atoms with Crippen molar-refractivity contribution >= 4 is 11.8 Å². The molecule has 1 saturated carbocycles. The van der Waals surface area contributed by atoms with Crippen LogP contribution in [0.25, 0.3) is 0 Å². The van der Waals surface area contributed by atoms with Crippen LogP contribution in [-0.4, -0.2) is 53.8 Å². The van der Waals surface area contributed by atoms with Crippen molar-refractivity contribution in [3.63, 3.8) is 0 Å². The van der Waals surface area contributed by atoms with Crippen LogP contribution in [0.15, 0.2) is 48.5 Å². The molecule has 1 N–H and O–H groups in total. The number of nitrogens with one attached hydrogen (secondary N) is 1. The number of hydrogen-bond donors (Lipinski definition) is 1. The summed E-state index contributed by atoms with van der Waals surface area (Å²) in [6.45, 7) is 2.47. The van der Waals surface area contributed by atoms with Gasteiger partial charge in [-0.3, -0.25) is 14.5 Å². The third kappa shape index (κ3) is 5.33. The van der Waals surface area contributed by atoms with Crippen molar-refractivity contribution < 1.29 is 18.4 Å². The quantitative estimate of drug-likeness (QED) is 0.745. The Morgan fingerprint density at radius 3 is 2.25 bits per heavy atom. The summed E-state index contributed by atoms with van der Waals surface area (Å²) in [5, 5.41) is 3.00. The van der Waals surface area contributed by atoms with E-state index in [1.54, 1.807) is 23.1 Å². The van der Waals surface area contributed by atoms with Crippen LogP contribution in [0.3, 0.4) is 0 Å². The Labute approximate surface area is 187 Å². The summed E-state index contributed by atoms with van der Waals surface area (Å²) >= 11 is 0. The van der Waals surface area contributed by atoms with E-state index in [-0.39, 0.29) is 36.1 Å². The number of halogens is 2. The molecule has 0 radical (unpaired) electrons. The van der Waals surface area contributed by atoms with Crippen LogP contribution >= 0.6 is 0 Å². The summed E-state index contributed by atoms with van der Waals surface area (Å²) in [5.41, 5.74) is 1.08. The predicted molar refractivity (Wildman–Crippen MR) is 118 cm³/mol. The first-order valence-electron chi connectivity index (χ1n) is 11.3. The van der Waals surface area contributed by atoms with Crippen molar-refractivity contribution in [1.82, 2.24) is 15.1 Å². The lowest BCUT2D eigenvalue weighted by molar-refractivity contribution is -0.129. The number of carbonyl (C=O) groups is 2. The van der Waals surface area contributed by atoms with Gasteiger partial charge in [-0.2, -0.15) is 0 Å². The van der Waals surface area contributed by atoms with Crippen molar-refractivity contribution in [3.05, 3.63) is 71.3 Å². The lowest BCUT2D eigenvalue weighted by Crippen LogP contribution is -2.57. The molecule has 32 heavy (non-hydrogen) atoms. The number of hydrogen-bond acceptors (Lipinski definition) is 3. The zero-order chi connectivity index (χ0) is 22.5. The molecule has 4 rings (SSSR count). The van der Waals surface area contributed by atoms with Crippen molar-refractivity contribution in [2.24, 2.45) is 5.92 Å². The van der Waals surface area contributed by atoms with E-state index in [1.165, 1.54) is 30.3 Å². The number of amides is 2. The maximum Gasteiger partial charge on any atom is 0.254 e. The van der Waals surface area contributed by atoms with Crippen LogP contribution < -0.4 is 5.32 Å². The largest absolute Gasteiger partial charge is 0.351 e. The first kappa shape index (κ1) is 22.4. The van der Waals surface area contributed by atoms with E-state index in [0.717, 1.165) is 31.2 Å². The monoisotopic (exact) mass is 441 g/mol. The van der Waals surface area contributed by atoms with Gasteiger partial charge >= 0.3 is 0 Å². The summed E-state index contributed by atoms with van der Waals surface area (Å²) < 4.78 is 27.0. The third-order valence-corrected chi connectivity index (χ3v) is 6.54. The number of rotatable bonds is 6. The van der Waals surface area contributed by atoms with E-state index in [4.69, 9.17) is 0 Å². The summed E-state index contributed by atoms with van der Waals surface area (Å²) in [5.74, 6) is -0.676. The van der Waals surface area contributed by atoms with Crippen LogP contribution in [0.2, 0.25) is 0 Å². The van der Waals surface area contributed by atoms with Crippen molar-refractivity contribution in [3.8, 4) is 0 Å². The Hall–Kier alpha value is -2.80. The molecule has 2 amide bonds. The van der Waals surface area contributed by atoms with Crippen LogP contribution in [0.1, 0.15) is 41.6 Å². The van der Waals surface area contributed by atoms with Gasteiger partial charge in [0, 0.05) is 38.3 Å². The molecule has 0 aromatic heterocycles. The zero-order valence-electron chi connectivity index (χ0n) is 18.1. The minimum absolute atomic E-state index is 0.0360. The normalized spacial score (nSPS) is 18.5. The van der Waals surface area contributed by atoms with Crippen molar-refractivity contribution in [1.29, 1.82) is 0 Å². The molecular formula is C25H29F2N3O2. The number of carbonyl (C=O) groups excluding carboxylic acids is 2. The minimum atomic E-state index is -0.425. The second-order valence-corrected chi connectivity index (χ2v) is 8.68. The van der Waals surface area contributed by atoms with Gasteiger partial charge < -0.3 is 10.2 Å². The van der Waals surface area contributed by atoms with Gasteiger partial charge in [-0.15, -0.1) is 0 Å². The molecule has 0 spiro atoms. The molecule has 2 aliphatic rings. The van der Waals surface area contributed by atoms with E-state index in [9.17, 15) is 18.4 Å². The zero-order valence-corrected chi connectivity index (χ0v) is 18.1. The molecule has 0 bridgehead atoms. The standard InChI is InChI=1S/C25H29F2N3O2/c26-21-9-3-5-18(15-21)17-28-24(31)23(19-6-1-2-7-19)29-11-13-30(14-12-29)25(32)20-8-4-10-22(27)16-20/h3-5,8-10,15-16,19,23H,1-2,6-7,11-14,17H2,(H,28,31)/t23-/m0/s1. The van der Waals surface area contributed by atoms with Crippen LogP contribution in [0, 0.1) is 17.6 Å². The van der Waals surface area contributed by atoms with E-state index < -0.39 is 5.82 Å². The minimum Gasteiger partial charge on any atom is -0.351 e. The molecule has 7 heteroatoms. The molecule has 1 aliphatic carbocycles. The van der Waals surface area contributed by atoms with E-state index in [0.29, 0.717) is 31.7 Å². The summed E-state index contributed by atoms with van der Waals surface area (Å²) in [6, 6.07) is 11.7. The highest BCUT2D eigenvalue weighted by molar-refractivity contribution is 5.94. The van der Waals surface area contributed by atoms with Gasteiger partial charge in [-0.25, -0.2) is 8.78 Å². The highest BCUT2D eigenvalue weighted by Crippen LogP contribution is 2.31. The first-order valence-corrected chi connectivity index (χ1v) is 11.3. The molecule has 170 valence electrons. The Kier molecular flexibility index (Phi) is 7.15. The molecule has 2 aromatic carbocycles. The molecule has 0 unspecified atom stereocenters. The Balaban J connectivity index is 1.39. The van der Waals surface area contributed by atoms with E-state index in [1.807, 2.05) is 0 Å². The van der Waals surface area contributed by atoms with Gasteiger partial charge in [-0.05, 0) is 54.7 Å². The summed E-state index contributed by atoms with van der Waals surface area (Å²) in [7, 11) is 0. The fraction of sp³-hybridized carbons (Fsp3) is 0.440. The van der Waals surface area contributed by atoms with Gasteiger partial charge in [0.1, 0.15) is 11.6 Å². The smallest absolute Gasteiger partial charge is 0.254 e. The van der Waals surface area contributed by atoms with Crippen LogP contribution in [0.5, 0.6) is 0 Å². The Morgan fingerprint density at radius 1 is 0.938 bits per heavy atom. The van der Waals surface area contributed by atoms with Crippen molar-refractivity contribution in [2.75, 3.05) is 26.2 Å². The number of benzene rings is 2. The fourth-order valence-electron chi connectivity index (χ4n) is 4.90. The maximum absolute atomic E-state index is 13.5. The van der Waals surface area contributed by atoms with Crippen molar-refractivity contribution in [2.45, 2.75) is 38.3 Å². The lowest BCUT2D eigenvalue weighted by Gasteiger charge is -2.40. The molecule has 1 heterocycles. The molecule has 2 fully saturated rings. The summed E-state index contributed by atoms with van der Waals surface area (Å²) in [4.78, 5) is 29.8. The van der Waals surface area contributed by atoms with Gasteiger partial charge in [0.05, 0.1) is 6.04 Å². The number of piperazine rings is 1. The van der Waals surface area contributed by atoms with Gasteiger partial charge in [0.15, 0.2) is 0 Å². The second kappa shape index (κ2) is 10.2. The maximum atomic E-state index is 13.5. The molecule has 1 atom stereocenters. The lowest BCUT2D eigenvalue weighted by atomic mass is 9.94. The fourth-order valence-corrected chi connectivity index (χ4v) is 4.90. The Bertz CT molecular complexity index is 954. The summed E-state index contributed by atoms with van der Waals surface area (Å²) in [6.07, 6.45) is 4.27. The average Bonchev–Trinajstić information content (AvgIpc) is 3.32. The highest BCUT2D eigenvalue weighted by Gasteiger charge is 2.37. The first-order chi connectivity index (χ1) is 15.5. The van der Waals surface area contributed by atoms with E-state index in [2.05, 4.69) is 10.2 Å².